The van der Waals surface area contributed by atoms with Crippen LogP contribution >= 0.6 is 0 Å². The van der Waals surface area contributed by atoms with E-state index in [0.29, 0.717) is 11.8 Å². The van der Waals surface area contributed by atoms with Crippen molar-refractivity contribution in [2.75, 3.05) is 13.1 Å². The zero-order chi connectivity index (χ0) is 12.7. The van der Waals surface area contributed by atoms with Gasteiger partial charge in [0.1, 0.15) is 0 Å². The van der Waals surface area contributed by atoms with Crippen molar-refractivity contribution < 1.29 is 0 Å². The largest absolute Gasteiger partial charge is 0.316 e. The summed E-state index contributed by atoms with van der Waals surface area (Å²) in [6.45, 7) is 2.30. The van der Waals surface area contributed by atoms with E-state index in [9.17, 15) is 0 Å². The lowest BCUT2D eigenvalue weighted by atomic mass is 9.68. The summed E-state index contributed by atoms with van der Waals surface area (Å²) in [6.07, 6.45) is 20.5. The number of piperidine rings is 1. The van der Waals surface area contributed by atoms with Gasteiger partial charge in [-0.25, -0.2) is 0 Å². The lowest BCUT2D eigenvalue weighted by Crippen LogP contribution is -2.38. The fraction of sp³-hybridized carbons (Fsp3) is 0.333. The molecule has 19 heavy (non-hydrogen) atoms. The molecule has 4 rings (SSSR count). The first-order valence-electron chi connectivity index (χ1n) is 7.31. The summed E-state index contributed by atoms with van der Waals surface area (Å²) in [7, 11) is 0. The molecular formula is C18H19N. The van der Waals surface area contributed by atoms with Gasteiger partial charge in [-0.05, 0) is 47.9 Å². The van der Waals surface area contributed by atoms with E-state index < -0.39 is 0 Å². The average molecular weight is 249 g/mol. The zero-order valence-electron chi connectivity index (χ0n) is 11.1. The molecule has 3 aliphatic carbocycles. The van der Waals surface area contributed by atoms with Crippen LogP contribution in [0.4, 0.5) is 0 Å². The molecule has 0 aromatic heterocycles. The molecule has 0 radical (unpaired) electrons. The van der Waals surface area contributed by atoms with Crippen LogP contribution in [0.3, 0.4) is 0 Å². The number of fused-ring (bicyclic) bond motifs is 5. The monoisotopic (exact) mass is 249 g/mol. The summed E-state index contributed by atoms with van der Waals surface area (Å²) >= 11 is 0. The summed E-state index contributed by atoms with van der Waals surface area (Å²) in [5, 5.41) is 3.57. The van der Waals surface area contributed by atoms with Gasteiger partial charge in [0.25, 0.3) is 0 Å². The lowest BCUT2D eigenvalue weighted by Gasteiger charge is -2.39. The summed E-state index contributed by atoms with van der Waals surface area (Å²) in [4.78, 5) is 0. The van der Waals surface area contributed by atoms with Crippen molar-refractivity contribution >= 4 is 0 Å². The molecule has 0 aromatic rings. The molecule has 0 saturated carbocycles. The van der Waals surface area contributed by atoms with E-state index in [1.54, 1.807) is 11.1 Å². The van der Waals surface area contributed by atoms with Gasteiger partial charge in [-0.3, -0.25) is 0 Å². The Kier molecular flexibility index (Phi) is 2.66. The standard InChI is InChI=1S/C18H19N/c1-2-4-13-6-9-17-16(15(13)5-3-1)8-7-14-10-11-19-12-18(14)17/h1-8,17-19H,9-12H2. The molecule has 96 valence electrons. The number of nitrogens with one attached hydrogen (secondary N) is 1. The summed E-state index contributed by atoms with van der Waals surface area (Å²) in [5.74, 6) is 1.39. The average Bonchev–Trinajstić information content (AvgIpc) is 2.72. The van der Waals surface area contributed by atoms with Crippen molar-refractivity contribution in [2.45, 2.75) is 12.8 Å². The van der Waals surface area contributed by atoms with E-state index in [4.69, 9.17) is 0 Å². The van der Waals surface area contributed by atoms with E-state index in [2.05, 4.69) is 53.9 Å². The van der Waals surface area contributed by atoms with Crippen molar-refractivity contribution in [3.05, 3.63) is 70.9 Å². The Balaban J connectivity index is 1.79. The van der Waals surface area contributed by atoms with Gasteiger partial charge in [0.05, 0.1) is 0 Å². The molecule has 1 nitrogen and oxygen atoms in total. The molecule has 1 heteroatoms. The highest BCUT2D eigenvalue weighted by atomic mass is 14.9. The Morgan fingerprint density at radius 1 is 1.00 bits per heavy atom. The molecular weight excluding hydrogens is 230 g/mol. The predicted octanol–water partition coefficient (Wildman–Crippen LogP) is 3.46. The maximum Gasteiger partial charge on any atom is 0.00231 e. The van der Waals surface area contributed by atoms with Crippen molar-refractivity contribution in [3.8, 4) is 0 Å². The molecule has 1 N–H and O–H groups in total. The van der Waals surface area contributed by atoms with Crippen LogP contribution in [0.15, 0.2) is 70.9 Å². The molecule has 2 unspecified atom stereocenters. The summed E-state index contributed by atoms with van der Waals surface area (Å²) < 4.78 is 0. The minimum atomic E-state index is 0.683. The summed E-state index contributed by atoms with van der Waals surface area (Å²) in [6, 6.07) is 0. The first-order valence-corrected chi connectivity index (χ1v) is 7.31. The van der Waals surface area contributed by atoms with E-state index in [-0.39, 0.29) is 0 Å². The van der Waals surface area contributed by atoms with E-state index in [1.165, 1.54) is 24.0 Å². The highest BCUT2D eigenvalue weighted by molar-refractivity contribution is 5.60. The molecule has 4 aliphatic rings. The van der Waals surface area contributed by atoms with Gasteiger partial charge in [-0.1, -0.05) is 54.2 Å². The van der Waals surface area contributed by atoms with Crippen LogP contribution in [-0.2, 0) is 0 Å². The van der Waals surface area contributed by atoms with Crippen LogP contribution in [-0.4, -0.2) is 13.1 Å². The first kappa shape index (κ1) is 11.2. The van der Waals surface area contributed by atoms with Gasteiger partial charge in [-0.15, -0.1) is 0 Å². The topological polar surface area (TPSA) is 12.0 Å². The molecule has 0 aromatic carbocycles. The molecule has 0 spiro atoms. The van der Waals surface area contributed by atoms with Crippen LogP contribution in [0.25, 0.3) is 0 Å². The Morgan fingerprint density at radius 2 is 2.00 bits per heavy atom. The lowest BCUT2D eigenvalue weighted by molar-refractivity contribution is 0.364. The van der Waals surface area contributed by atoms with Crippen LogP contribution in [0, 0.1) is 11.8 Å². The third-order valence-corrected chi connectivity index (χ3v) is 4.77. The van der Waals surface area contributed by atoms with Gasteiger partial charge >= 0.3 is 0 Å². The third-order valence-electron chi connectivity index (χ3n) is 4.77. The second-order valence-corrected chi connectivity index (χ2v) is 5.75. The quantitative estimate of drug-likeness (QED) is 0.693. The zero-order valence-corrected chi connectivity index (χ0v) is 11.1. The third kappa shape index (κ3) is 1.81. The van der Waals surface area contributed by atoms with Crippen molar-refractivity contribution in [1.29, 1.82) is 0 Å². The molecule has 2 atom stereocenters. The fourth-order valence-electron chi connectivity index (χ4n) is 3.79. The summed E-state index contributed by atoms with van der Waals surface area (Å²) in [5.41, 5.74) is 6.03. The Morgan fingerprint density at radius 3 is 3.00 bits per heavy atom. The van der Waals surface area contributed by atoms with Crippen LogP contribution in [0.5, 0.6) is 0 Å². The Bertz CT molecular complexity index is 581. The molecule has 1 saturated heterocycles. The Labute approximate surface area is 114 Å². The second kappa shape index (κ2) is 4.50. The fourth-order valence-corrected chi connectivity index (χ4v) is 3.79. The molecule has 1 fully saturated rings. The maximum atomic E-state index is 3.57. The number of allylic oxidation sites excluding steroid dienone is 11. The number of rotatable bonds is 0. The minimum absolute atomic E-state index is 0.683. The van der Waals surface area contributed by atoms with Crippen LogP contribution in [0.2, 0.25) is 0 Å². The molecule has 1 heterocycles. The highest BCUT2D eigenvalue weighted by Crippen LogP contribution is 2.45. The van der Waals surface area contributed by atoms with Crippen molar-refractivity contribution in [2.24, 2.45) is 11.8 Å². The number of hydrogen-bond donors (Lipinski definition) is 1. The van der Waals surface area contributed by atoms with E-state index >= 15 is 0 Å². The van der Waals surface area contributed by atoms with Gasteiger partial charge in [0.2, 0.25) is 0 Å². The van der Waals surface area contributed by atoms with E-state index in [1.807, 2.05) is 0 Å². The van der Waals surface area contributed by atoms with Crippen molar-refractivity contribution in [1.82, 2.24) is 5.32 Å². The van der Waals surface area contributed by atoms with Crippen LogP contribution in [0.1, 0.15) is 12.8 Å². The van der Waals surface area contributed by atoms with Crippen LogP contribution < -0.4 is 5.32 Å². The molecule has 1 aliphatic heterocycles. The Hall–Kier alpha value is -1.60. The molecule has 0 amide bonds. The molecule has 0 bridgehead atoms. The van der Waals surface area contributed by atoms with E-state index in [0.717, 1.165) is 13.1 Å². The van der Waals surface area contributed by atoms with Gasteiger partial charge in [0, 0.05) is 6.54 Å². The van der Waals surface area contributed by atoms with Gasteiger partial charge in [-0.2, -0.15) is 0 Å². The number of hydrogen-bond acceptors (Lipinski definition) is 1. The second-order valence-electron chi connectivity index (χ2n) is 5.75. The van der Waals surface area contributed by atoms with Gasteiger partial charge < -0.3 is 5.32 Å². The van der Waals surface area contributed by atoms with Crippen molar-refractivity contribution in [3.63, 3.8) is 0 Å². The minimum Gasteiger partial charge on any atom is -0.316 e. The maximum absolute atomic E-state index is 3.57. The SMILES string of the molecule is C1=CC=C2C(=CCC3C2=CC=C2CCNCC23)C=C1. The highest BCUT2D eigenvalue weighted by Gasteiger charge is 2.34. The smallest absolute Gasteiger partial charge is 0.00231 e. The predicted molar refractivity (Wildman–Crippen MR) is 79.7 cm³/mol. The van der Waals surface area contributed by atoms with Gasteiger partial charge in [0.15, 0.2) is 0 Å². The first-order chi connectivity index (χ1) is 9.43. The normalized spacial score (nSPS) is 32.0.